The van der Waals surface area contributed by atoms with Crippen LogP contribution in [0.2, 0.25) is 0 Å². The van der Waals surface area contributed by atoms with Crippen LogP contribution in [0.1, 0.15) is 16.7 Å². The summed E-state index contributed by atoms with van der Waals surface area (Å²) in [6, 6.07) is 10.2. The SMILES string of the molecule is COc1ccc2c(c1)C(OC)(C(F)(F)F)CN=C2C=Cc1ccc(F)cc1. The molecular formula is C20H17F4NO2. The van der Waals surface area contributed by atoms with Gasteiger partial charge in [0.2, 0.25) is 5.60 Å². The highest BCUT2D eigenvalue weighted by Gasteiger charge is 2.59. The van der Waals surface area contributed by atoms with E-state index in [-0.39, 0.29) is 11.4 Å². The van der Waals surface area contributed by atoms with E-state index >= 15 is 0 Å². The van der Waals surface area contributed by atoms with Crippen LogP contribution in [0.4, 0.5) is 17.6 Å². The second-order valence-electron chi connectivity index (χ2n) is 6.03. The molecule has 1 heterocycles. The van der Waals surface area contributed by atoms with E-state index in [2.05, 4.69) is 4.99 Å². The number of allylic oxidation sites excluding steroid dienone is 1. The number of hydrogen-bond acceptors (Lipinski definition) is 3. The van der Waals surface area contributed by atoms with Crippen LogP contribution in [-0.2, 0) is 10.3 Å². The van der Waals surface area contributed by atoms with Crippen molar-refractivity contribution in [2.24, 2.45) is 4.99 Å². The van der Waals surface area contributed by atoms with E-state index in [1.807, 2.05) is 0 Å². The summed E-state index contributed by atoms with van der Waals surface area (Å²) in [6.45, 7) is -0.601. The Morgan fingerprint density at radius 3 is 2.33 bits per heavy atom. The Balaban J connectivity index is 2.07. The van der Waals surface area contributed by atoms with Crippen LogP contribution in [0.25, 0.3) is 6.08 Å². The van der Waals surface area contributed by atoms with Gasteiger partial charge in [-0.3, -0.25) is 4.99 Å². The number of hydrogen-bond donors (Lipinski definition) is 0. The highest BCUT2D eigenvalue weighted by Crippen LogP contribution is 2.46. The van der Waals surface area contributed by atoms with Gasteiger partial charge in [0.15, 0.2) is 0 Å². The molecule has 1 aliphatic rings. The molecule has 1 aliphatic heterocycles. The molecule has 0 radical (unpaired) electrons. The fourth-order valence-corrected chi connectivity index (χ4v) is 3.00. The first-order chi connectivity index (χ1) is 12.8. The summed E-state index contributed by atoms with van der Waals surface area (Å²) in [6.07, 6.45) is -1.38. The van der Waals surface area contributed by atoms with Crippen molar-refractivity contribution in [3.63, 3.8) is 0 Å². The van der Waals surface area contributed by atoms with Gasteiger partial charge < -0.3 is 9.47 Å². The van der Waals surface area contributed by atoms with Gasteiger partial charge in [-0.25, -0.2) is 4.39 Å². The predicted molar refractivity (Wildman–Crippen MR) is 94.6 cm³/mol. The third kappa shape index (κ3) is 3.47. The van der Waals surface area contributed by atoms with E-state index in [0.29, 0.717) is 22.6 Å². The van der Waals surface area contributed by atoms with Gasteiger partial charge in [0.05, 0.1) is 19.4 Å². The third-order valence-electron chi connectivity index (χ3n) is 4.52. The Hall–Kier alpha value is -2.67. The first-order valence-corrected chi connectivity index (χ1v) is 8.09. The van der Waals surface area contributed by atoms with Crippen LogP contribution in [0.5, 0.6) is 5.75 Å². The smallest absolute Gasteiger partial charge is 0.423 e. The monoisotopic (exact) mass is 379 g/mol. The lowest BCUT2D eigenvalue weighted by molar-refractivity contribution is -0.272. The van der Waals surface area contributed by atoms with Crippen LogP contribution in [0.15, 0.2) is 53.5 Å². The summed E-state index contributed by atoms with van der Waals surface area (Å²) < 4.78 is 64.6. The topological polar surface area (TPSA) is 30.8 Å². The molecular weight excluding hydrogens is 362 g/mol. The van der Waals surface area contributed by atoms with Crippen LogP contribution < -0.4 is 4.74 Å². The number of fused-ring (bicyclic) bond motifs is 1. The Morgan fingerprint density at radius 1 is 1.04 bits per heavy atom. The molecule has 1 atom stereocenters. The number of alkyl halides is 3. The first-order valence-electron chi connectivity index (χ1n) is 8.09. The highest BCUT2D eigenvalue weighted by molar-refractivity contribution is 6.12. The number of methoxy groups -OCH3 is 2. The molecule has 2 aromatic rings. The molecule has 0 aliphatic carbocycles. The van der Waals surface area contributed by atoms with E-state index in [9.17, 15) is 17.6 Å². The summed E-state index contributed by atoms with van der Waals surface area (Å²) in [4.78, 5) is 4.12. The van der Waals surface area contributed by atoms with E-state index in [1.165, 1.54) is 31.4 Å². The summed E-state index contributed by atoms with van der Waals surface area (Å²) in [5.74, 6) is -0.0714. The quantitative estimate of drug-likeness (QED) is 0.718. The summed E-state index contributed by atoms with van der Waals surface area (Å²) in [7, 11) is 2.40. The first kappa shape index (κ1) is 19.1. The van der Waals surface area contributed by atoms with Crippen molar-refractivity contribution < 1.29 is 27.0 Å². The zero-order valence-electron chi connectivity index (χ0n) is 14.7. The second kappa shape index (κ2) is 7.15. The highest BCUT2D eigenvalue weighted by atomic mass is 19.4. The lowest BCUT2D eigenvalue weighted by Gasteiger charge is -2.37. The Kier molecular flexibility index (Phi) is 5.06. The second-order valence-corrected chi connectivity index (χ2v) is 6.03. The van der Waals surface area contributed by atoms with E-state index in [4.69, 9.17) is 9.47 Å². The maximum Gasteiger partial charge on any atom is 0.423 e. The van der Waals surface area contributed by atoms with Crippen LogP contribution >= 0.6 is 0 Å². The molecule has 0 N–H and O–H groups in total. The molecule has 142 valence electrons. The zero-order valence-corrected chi connectivity index (χ0v) is 14.7. The van der Waals surface area contributed by atoms with Crippen LogP contribution in [0, 0.1) is 5.82 Å². The van der Waals surface area contributed by atoms with Gasteiger partial charge in [-0.1, -0.05) is 18.2 Å². The van der Waals surface area contributed by atoms with E-state index < -0.39 is 18.3 Å². The maximum atomic E-state index is 13.8. The van der Waals surface area contributed by atoms with Gasteiger partial charge in [0.25, 0.3) is 0 Å². The van der Waals surface area contributed by atoms with Gasteiger partial charge in [-0.15, -0.1) is 0 Å². The molecule has 2 aromatic carbocycles. The minimum atomic E-state index is -4.65. The van der Waals surface area contributed by atoms with Crippen molar-refractivity contribution in [2.75, 3.05) is 20.8 Å². The molecule has 0 fully saturated rings. The van der Waals surface area contributed by atoms with Crippen molar-refractivity contribution in [1.29, 1.82) is 0 Å². The molecule has 0 bridgehead atoms. The third-order valence-corrected chi connectivity index (χ3v) is 4.52. The van der Waals surface area contributed by atoms with Crippen LogP contribution in [-0.4, -0.2) is 32.7 Å². The fraction of sp³-hybridized carbons (Fsp3) is 0.250. The van der Waals surface area contributed by atoms with Gasteiger partial charge in [-0.05, 0) is 42.0 Å². The number of rotatable bonds is 4. The summed E-state index contributed by atoms with van der Waals surface area (Å²) in [5, 5.41) is 0. The molecule has 3 rings (SSSR count). The molecule has 0 spiro atoms. The van der Waals surface area contributed by atoms with Crippen molar-refractivity contribution >= 4 is 11.8 Å². The average molecular weight is 379 g/mol. The normalized spacial score (nSPS) is 19.7. The fourth-order valence-electron chi connectivity index (χ4n) is 3.00. The van der Waals surface area contributed by atoms with Gasteiger partial charge in [0.1, 0.15) is 11.6 Å². The Morgan fingerprint density at radius 2 is 1.74 bits per heavy atom. The van der Waals surface area contributed by atoms with Crippen molar-refractivity contribution in [1.82, 2.24) is 0 Å². The Bertz CT molecular complexity index is 888. The zero-order chi connectivity index (χ0) is 19.7. The van der Waals surface area contributed by atoms with Crippen LogP contribution in [0.3, 0.4) is 0 Å². The number of halogens is 4. The lowest BCUT2D eigenvalue weighted by atomic mass is 9.84. The number of ether oxygens (including phenoxy) is 2. The average Bonchev–Trinajstić information content (AvgIpc) is 2.65. The van der Waals surface area contributed by atoms with E-state index in [0.717, 1.165) is 7.11 Å². The standard InChI is InChI=1S/C20H17F4NO2/c1-26-15-8-9-16-17(11-15)19(27-2,20(22,23)24)12-25-18(16)10-5-13-3-6-14(21)7-4-13/h3-11H,12H2,1-2H3. The minimum absolute atomic E-state index is 0.0504. The van der Waals surface area contributed by atoms with Gasteiger partial charge >= 0.3 is 6.18 Å². The van der Waals surface area contributed by atoms with Gasteiger partial charge in [-0.2, -0.15) is 13.2 Å². The summed E-state index contributed by atoms with van der Waals surface area (Å²) >= 11 is 0. The largest absolute Gasteiger partial charge is 0.497 e. The molecule has 27 heavy (non-hydrogen) atoms. The van der Waals surface area contributed by atoms with Crippen molar-refractivity contribution in [3.8, 4) is 5.75 Å². The summed E-state index contributed by atoms with van der Waals surface area (Å²) in [5.41, 5.74) is -1.20. The van der Waals surface area contributed by atoms with Crippen molar-refractivity contribution in [3.05, 3.63) is 71.0 Å². The Labute approximate surface area is 153 Å². The molecule has 0 aromatic heterocycles. The maximum absolute atomic E-state index is 13.8. The predicted octanol–water partition coefficient (Wildman–Crippen LogP) is 4.75. The molecule has 3 nitrogen and oxygen atoms in total. The molecule has 7 heteroatoms. The molecule has 1 unspecified atom stereocenters. The molecule has 0 amide bonds. The molecule has 0 saturated carbocycles. The lowest BCUT2D eigenvalue weighted by Crippen LogP contribution is -2.49. The number of nitrogens with zero attached hydrogens (tertiary/aromatic N) is 1. The minimum Gasteiger partial charge on any atom is -0.497 e. The number of benzene rings is 2. The van der Waals surface area contributed by atoms with Crippen molar-refractivity contribution in [2.45, 2.75) is 11.8 Å². The number of aliphatic imine (C=N–C) groups is 1. The van der Waals surface area contributed by atoms with E-state index in [1.54, 1.807) is 30.4 Å². The molecule has 0 saturated heterocycles. The van der Waals surface area contributed by atoms with Gasteiger partial charge in [0, 0.05) is 18.2 Å².